The summed E-state index contributed by atoms with van der Waals surface area (Å²) < 4.78 is 7.86. The number of amides is 2. The highest BCUT2D eigenvalue weighted by atomic mass is 16.5. The van der Waals surface area contributed by atoms with Gasteiger partial charge in [0.15, 0.2) is 5.69 Å². The van der Waals surface area contributed by atoms with Gasteiger partial charge in [-0.05, 0) is 12.3 Å². The first kappa shape index (κ1) is 18.9. The summed E-state index contributed by atoms with van der Waals surface area (Å²) in [6, 6.07) is 1.64. The number of rotatable bonds is 5. The van der Waals surface area contributed by atoms with Crippen LogP contribution in [0, 0.1) is 5.92 Å². The van der Waals surface area contributed by atoms with Crippen molar-refractivity contribution in [1.29, 1.82) is 0 Å². The molecule has 1 aromatic heterocycles. The zero-order valence-electron chi connectivity index (χ0n) is 16.3. The van der Waals surface area contributed by atoms with Crippen molar-refractivity contribution in [2.24, 2.45) is 5.92 Å². The lowest BCUT2D eigenvalue weighted by Crippen LogP contribution is -2.51. The van der Waals surface area contributed by atoms with E-state index in [1.807, 2.05) is 4.90 Å². The molecule has 1 fully saturated rings. The number of hydrogen-bond acceptors (Lipinski definition) is 4. The van der Waals surface area contributed by atoms with Gasteiger partial charge in [-0.1, -0.05) is 33.6 Å². The number of carbonyl (C=O) groups is 2. The Hall–Kier alpha value is -1.89. The van der Waals surface area contributed by atoms with Crippen LogP contribution in [-0.2, 0) is 11.3 Å². The van der Waals surface area contributed by atoms with Crippen molar-refractivity contribution in [3.63, 3.8) is 0 Å². The third-order valence-corrected chi connectivity index (χ3v) is 5.31. The van der Waals surface area contributed by atoms with E-state index < -0.39 is 0 Å². The Kier molecular flexibility index (Phi) is 5.65. The molecule has 7 nitrogen and oxygen atoms in total. The second kappa shape index (κ2) is 7.78. The highest BCUT2D eigenvalue weighted by molar-refractivity contribution is 5.98. The van der Waals surface area contributed by atoms with E-state index in [0.29, 0.717) is 43.5 Å². The molecule has 2 amide bonds. The van der Waals surface area contributed by atoms with Crippen LogP contribution in [0.25, 0.3) is 0 Å². The van der Waals surface area contributed by atoms with Gasteiger partial charge in [0.1, 0.15) is 5.69 Å². The third-order valence-electron chi connectivity index (χ3n) is 5.31. The lowest BCUT2D eigenvalue weighted by molar-refractivity contribution is -0.0963. The highest BCUT2D eigenvalue weighted by Crippen LogP contribution is 2.23. The fourth-order valence-corrected chi connectivity index (χ4v) is 3.56. The summed E-state index contributed by atoms with van der Waals surface area (Å²) in [7, 11) is 1.77. The predicted octanol–water partition coefficient (Wildman–Crippen LogP) is 2.02. The molecule has 144 valence electrons. The second-order valence-electron chi connectivity index (χ2n) is 7.76. The molecule has 7 heteroatoms. The third kappa shape index (κ3) is 3.77. The summed E-state index contributed by atoms with van der Waals surface area (Å²) >= 11 is 0. The largest absolute Gasteiger partial charge is 0.371 e. The van der Waals surface area contributed by atoms with Gasteiger partial charge in [-0.3, -0.25) is 14.3 Å². The van der Waals surface area contributed by atoms with Gasteiger partial charge < -0.3 is 14.5 Å². The summed E-state index contributed by atoms with van der Waals surface area (Å²) in [5, 5.41) is 4.40. The fraction of sp³-hybridized carbons (Fsp3) is 0.737. The van der Waals surface area contributed by atoms with Crippen molar-refractivity contribution in [2.45, 2.75) is 58.8 Å². The van der Waals surface area contributed by atoms with Crippen LogP contribution in [0.4, 0.5) is 0 Å². The topological polar surface area (TPSA) is 67.7 Å². The number of unbranched alkanes of at least 4 members (excludes halogenated alkanes) is 1. The van der Waals surface area contributed by atoms with Gasteiger partial charge in [0.2, 0.25) is 0 Å². The monoisotopic (exact) mass is 362 g/mol. The lowest BCUT2D eigenvalue weighted by atomic mass is 10.0. The van der Waals surface area contributed by atoms with E-state index in [4.69, 9.17) is 4.74 Å². The molecular formula is C19H30N4O3. The molecule has 1 aromatic rings. The second-order valence-corrected chi connectivity index (χ2v) is 7.76. The standard InChI is InChI=1S/C19H30N4O3/c1-5-6-7-14-11-22(12-17(26-14)13(2)3)18(24)15-10-16-19(25)21(4)8-9-23(16)20-15/h10,13-14,17H,5-9,11-12H2,1-4H3/t14-,17-/m1/s1. The number of aromatic nitrogens is 2. The minimum absolute atomic E-state index is 0.0413. The summed E-state index contributed by atoms with van der Waals surface area (Å²) in [6.45, 7) is 8.83. The molecule has 3 rings (SSSR count). The fourth-order valence-electron chi connectivity index (χ4n) is 3.56. The van der Waals surface area contributed by atoms with Crippen molar-refractivity contribution >= 4 is 11.8 Å². The molecule has 0 spiro atoms. The van der Waals surface area contributed by atoms with Crippen LogP contribution in [-0.4, -0.2) is 70.3 Å². The maximum absolute atomic E-state index is 13.1. The lowest BCUT2D eigenvalue weighted by Gasteiger charge is -2.39. The minimum atomic E-state index is -0.0993. The average Bonchev–Trinajstić information content (AvgIpc) is 3.07. The van der Waals surface area contributed by atoms with Crippen molar-refractivity contribution in [2.75, 3.05) is 26.7 Å². The zero-order chi connectivity index (χ0) is 18.8. The smallest absolute Gasteiger partial charge is 0.274 e. The van der Waals surface area contributed by atoms with Gasteiger partial charge in [-0.15, -0.1) is 0 Å². The van der Waals surface area contributed by atoms with Crippen molar-refractivity contribution < 1.29 is 14.3 Å². The summed E-state index contributed by atoms with van der Waals surface area (Å²) in [6.07, 6.45) is 3.29. The van der Waals surface area contributed by atoms with Crippen molar-refractivity contribution in [3.8, 4) is 0 Å². The summed E-state index contributed by atoms with van der Waals surface area (Å²) in [4.78, 5) is 28.8. The molecule has 0 unspecified atom stereocenters. The molecule has 1 saturated heterocycles. The van der Waals surface area contributed by atoms with Crippen LogP contribution in [0.1, 0.15) is 61.0 Å². The van der Waals surface area contributed by atoms with Gasteiger partial charge in [0.25, 0.3) is 11.8 Å². The van der Waals surface area contributed by atoms with E-state index in [1.165, 1.54) is 0 Å². The van der Waals surface area contributed by atoms with Crippen LogP contribution in [0.3, 0.4) is 0 Å². The Bertz CT molecular complexity index is 670. The van der Waals surface area contributed by atoms with Crippen LogP contribution >= 0.6 is 0 Å². The Morgan fingerprint density at radius 3 is 2.81 bits per heavy atom. The molecule has 0 aliphatic carbocycles. The molecule has 0 saturated carbocycles. The van der Waals surface area contributed by atoms with Gasteiger partial charge >= 0.3 is 0 Å². The molecule has 0 aromatic carbocycles. The Morgan fingerprint density at radius 2 is 2.12 bits per heavy atom. The van der Waals surface area contributed by atoms with Gasteiger partial charge in [-0.25, -0.2) is 0 Å². The van der Waals surface area contributed by atoms with E-state index in [-0.39, 0.29) is 24.0 Å². The number of morpholine rings is 1. The molecule has 2 atom stereocenters. The van der Waals surface area contributed by atoms with E-state index in [2.05, 4.69) is 25.9 Å². The number of likely N-dealkylation sites (N-methyl/N-ethyl adjacent to an activating group) is 1. The molecule has 0 radical (unpaired) electrons. The normalized spacial score (nSPS) is 23.5. The van der Waals surface area contributed by atoms with Crippen LogP contribution in [0.15, 0.2) is 6.07 Å². The van der Waals surface area contributed by atoms with Gasteiger partial charge in [-0.2, -0.15) is 5.10 Å². The minimum Gasteiger partial charge on any atom is -0.371 e. The average molecular weight is 362 g/mol. The van der Waals surface area contributed by atoms with E-state index in [9.17, 15) is 9.59 Å². The predicted molar refractivity (Wildman–Crippen MR) is 98.1 cm³/mol. The summed E-state index contributed by atoms with van der Waals surface area (Å²) in [5.74, 6) is 0.170. The first-order valence-electron chi connectivity index (χ1n) is 9.68. The number of ether oxygens (including phenoxy) is 1. The van der Waals surface area contributed by atoms with Crippen molar-refractivity contribution in [3.05, 3.63) is 17.5 Å². The molecule has 3 heterocycles. The number of carbonyl (C=O) groups excluding carboxylic acids is 2. The first-order chi connectivity index (χ1) is 12.4. The molecule has 0 N–H and O–H groups in total. The van der Waals surface area contributed by atoms with E-state index in [0.717, 1.165) is 19.3 Å². The molecule has 26 heavy (non-hydrogen) atoms. The van der Waals surface area contributed by atoms with Crippen LogP contribution in [0.2, 0.25) is 0 Å². The van der Waals surface area contributed by atoms with Gasteiger partial charge in [0, 0.05) is 32.7 Å². The van der Waals surface area contributed by atoms with Gasteiger partial charge in [0.05, 0.1) is 18.8 Å². The van der Waals surface area contributed by atoms with E-state index >= 15 is 0 Å². The van der Waals surface area contributed by atoms with E-state index in [1.54, 1.807) is 22.7 Å². The Morgan fingerprint density at radius 1 is 1.35 bits per heavy atom. The first-order valence-corrected chi connectivity index (χ1v) is 9.68. The Balaban J connectivity index is 1.77. The quantitative estimate of drug-likeness (QED) is 0.804. The van der Waals surface area contributed by atoms with Crippen LogP contribution < -0.4 is 0 Å². The number of hydrogen-bond donors (Lipinski definition) is 0. The maximum atomic E-state index is 13.1. The Labute approximate surface area is 155 Å². The molecule has 0 bridgehead atoms. The highest BCUT2D eigenvalue weighted by Gasteiger charge is 2.34. The molecule has 2 aliphatic heterocycles. The molecular weight excluding hydrogens is 332 g/mol. The number of fused-ring (bicyclic) bond motifs is 1. The van der Waals surface area contributed by atoms with Crippen LogP contribution in [0.5, 0.6) is 0 Å². The SMILES string of the molecule is CCCC[C@@H]1CN(C(=O)c2cc3n(n2)CCN(C)C3=O)C[C@H](C(C)C)O1. The molecule has 2 aliphatic rings. The summed E-state index contributed by atoms with van der Waals surface area (Å²) in [5.41, 5.74) is 0.862. The number of nitrogens with zero attached hydrogens (tertiary/aromatic N) is 4. The zero-order valence-corrected chi connectivity index (χ0v) is 16.3. The maximum Gasteiger partial charge on any atom is 0.274 e. The van der Waals surface area contributed by atoms with Crippen molar-refractivity contribution in [1.82, 2.24) is 19.6 Å².